The molecule has 10 heteroatoms. The molecule has 0 aliphatic carbocycles. The van der Waals surface area contributed by atoms with Crippen molar-refractivity contribution >= 4 is 29.4 Å². The van der Waals surface area contributed by atoms with Gasteiger partial charge in [-0.05, 0) is 23.3 Å². The number of anilines is 1. The van der Waals surface area contributed by atoms with Gasteiger partial charge in [0.1, 0.15) is 5.82 Å². The van der Waals surface area contributed by atoms with Crippen LogP contribution in [0.5, 0.6) is 11.5 Å². The van der Waals surface area contributed by atoms with E-state index in [1.54, 1.807) is 18.2 Å². The molecule has 1 unspecified atom stereocenters. The molecule has 0 spiro atoms. The fourth-order valence-electron chi connectivity index (χ4n) is 3.60. The summed E-state index contributed by atoms with van der Waals surface area (Å²) in [5, 5.41) is 3.15. The summed E-state index contributed by atoms with van der Waals surface area (Å²) in [6, 6.07) is 14.8. The fourth-order valence-corrected chi connectivity index (χ4v) is 4.42. The number of benzene rings is 2. The number of H-pyrrole nitrogens is 1. The van der Waals surface area contributed by atoms with Gasteiger partial charge in [0.05, 0.1) is 12.7 Å². The summed E-state index contributed by atoms with van der Waals surface area (Å²) in [5.41, 5.74) is 6.98. The lowest BCUT2D eigenvalue weighted by atomic mass is 9.86. The molecule has 1 aromatic heterocycles. The third-order valence-electron chi connectivity index (χ3n) is 5.11. The molecule has 2 amide bonds. The normalized spacial score (nSPS) is 14.8. The molecule has 3 aromatic rings. The predicted octanol–water partition coefficient (Wildman–Crippen LogP) is 2.41. The molecule has 170 valence electrons. The van der Waals surface area contributed by atoms with Gasteiger partial charge in [-0.3, -0.25) is 14.4 Å². The highest BCUT2D eigenvalue weighted by atomic mass is 32.2. The highest BCUT2D eigenvalue weighted by Gasteiger charge is 2.31. The number of aromatic nitrogens is 2. The van der Waals surface area contributed by atoms with Crippen molar-refractivity contribution in [2.24, 2.45) is 5.73 Å². The Morgan fingerprint density at radius 3 is 2.70 bits per heavy atom. The zero-order valence-electron chi connectivity index (χ0n) is 17.8. The number of hydrogen-bond acceptors (Lipinski definition) is 7. The largest absolute Gasteiger partial charge is 0.493 e. The summed E-state index contributed by atoms with van der Waals surface area (Å²) >= 11 is 1.38. The molecule has 0 saturated carbocycles. The monoisotopic (exact) mass is 466 g/mol. The van der Waals surface area contributed by atoms with E-state index in [4.69, 9.17) is 15.2 Å². The van der Waals surface area contributed by atoms with E-state index in [9.17, 15) is 14.4 Å². The molecule has 4 N–H and O–H groups in total. The molecule has 1 atom stereocenters. The van der Waals surface area contributed by atoms with Gasteiger partial charge in [0.2, 0.25) is 5.91 Å². The first kappa shape index (κ1) is 22.4. The molecular formula is C23H22N4O5S. The van der Waals surface area contributed by atoms with Crippen LogP contribution in [-0.4, -0.2) is 35.5 Å². The molecule has 0 saturated heterocycles. The van der Waals surface area contributed by atoms with Crippen molar-refractivity contribution in [2.75, 3.05) is 19.0 Å². The number of nitrogens with zero attached hydrogens (tertiary/aromatic N) is 1. The predicted molar refractivity (Wildman–Crippen MR) is 124 cm³/mol. The maximum atomic E-state index is 13.0. The number of nitrogens with two attached hydrogens (primary N) is 1. The van der Waals surface area contributed by atoms with Crippen LogP contribution >= 0.6 is 11.8 Å². The number of rotatable bonds is 8. The number of amides is 2. The maximum absolute atomic E-state index is 13.0. The second kappa shape index (κ2) is 9.78. The number of methoxy groups -OCH3 is 1. The van der Waals surface area contributed by atoms with Gasteiger partial charge in [0.15, 0.2) is 23.3 Å². The third-order valence-corrected chi connectivity index (χ3v) is 6.05. The van der Waals surface area contributed by atoms with Crippen LogP contribution in [-0.2, 0) is 15.3 Å². The average Bonchev–Trinajstić information content (AvgIpc) is 2.81. The quantitative estimate of drug-likeness (QED) is 0.342. The molecule has 1 aliphatic rings. The minimum Gasteiger partial charge on any atom is -0.493 e. The van der Waals surface area contributed by atoms with Gasteiger partial charge in [-0.2, -0.15) is 0 Å². The molecule has 9 nitrogen and oxygen atoms in total. The summed E-state index contributed by atoms with van der Waals surface area (Å²) in [7, 11) is 1.46. The van der Waals surface area contributed by atoms with Crippen molar-refractivity contribution in [3.8, 4) is 11.5 Å². The zero-order valence-corrected chi connectivity index (χ0v) is 18.6. The number of hydrogen-bond donors (Lipinski definition) is 3. The fraction of sp³-hybridized carbons (Fsp3) is 0.217. The van der Waals surface area contributed by atoms with Crippen LogP contribution in [0.15, 0.2) is 58.5 Å². The Bertz CT molecular complexity index is 1250. The third kappa shape index (κ3) is 5.17. The van der Waals surface area contributed by atoms with Crippen molar-refractivity contribution < 1.29 is 19.1 Å². The molecule has 2 heterocycles. The molecule has 0 bridgehead atoms. The molecule has 1 aliphatic heterocycles. The van der Waals surface area contributed by atoms with Crippen LogP contribution in [0.1, 0.15) is 29.0 Å². The molecule has 0 radical (unpaired) electrons. The van der Waals surface area contributed by atoms with E-state index in [-0.39, 0.29) is 30.3 Å². The van der Waals surface area contributed by atoms with Crippen molar-refractivity contribution in [2.45, 2.75) is 23.2 Å². The lowest BCUT2D eigenvalue weighted by molar-refractivity contribution is -0.120. The SMILES string of the molecule is COc1cc(C2CC(=O)Nc3nc(SCc4ccccc4)[nH]c(=O)c32)ccc1OCC(N)=O. The minimum atomic E-state index is -0.613. The van der Waals surface area contributed by atoms with Gasteiger partial charge in [0.25, 0.3) is 11.5 Å². The lowest BCUT2D eigenvalue weighted by Gasteiger charge is -2.25. The van der Waals surface area contributed by atoms with Crippen molar-refractivity contribution in [1.82, 2.24) is 9.97 Å². The Balaban J connectivity index is 1.63. The summed E-state index contributed by atoms with van der Waals surface area (Å²) in [6.07, 6.45) is 0.0823. The summed E-state index contributed by atoms with van der Waals surface area (Å²) < 4.78 is 10.7. The van der Waals surface area contributed by atoms with Crippen LogP contribution in [0.2, 0.25) is 0 Å². The van der Waals surface area contributed by atoms with Crippen molar-refractivity contribution in [3.63, 3.8) is 0 Å². The maximum Gasteiger partial charge on any atom is 0.257 e. The second-order valence-electron chi connectivity index (χ2n) is 7.38. The first-order chi connectivity index (χ1) is 15.9. The number of aromatic amines is 1. The van der Waals surface area contributed by atoms with Gasteiger partial charge < -0.3 is 25.5 Å². The van der Waals surface area contributed by atoms with Crippen molar-refractivity contribution in [3.05, 3.63) is 75.6 Å². The van der Waals surface area contributed by atoms with E-state index in [2.05, 4.69) is 15.3 Å². The van der Waals surface area contributed by atoms with Crippen LogP contribution in [0, 0.1) is 0 Å². The lowest BCUT2D eigenvalue weighted by Crippen LogP contribution is -2.31. The van der Waals surface area contributed by atoms with Gasteiger partial charge in [-0.25, -0.2) is 4.98 Å². The smallest absolute Gasteiger partial charge is 0.257 e. The van der Waals surface area contributed by atoms with Gasteiger partial charge >= 0.3 is 0 Å². The highest BCUT2D eigenvalue weighted by molar-refractivity contribution is 7.98. The highest BCUT2D eigenvalue weighted by Crippen LogP contribution is 2.38. The van der Waals surface area contributed by atoms with E-state index in [1.165, 1.54) is 18.9 Å². The van der Waals surface area contributed by atoms with Crippen LogP contribution in [0.25, 0.3) is 0 Å². The van der Waals surface area contributed by atoms with Gasteiger partial charge in [-0.1, -0.05) is 48.2 Å². The second-order valence-corrected chi connectivity index (χ2v) is 8.34. The Hall–Kier alpha value is -3.79. The minimum absolute atomic E-state index is 0.0823. The summed E-state index contributed by atoms with van der Waals surface area (Å²) in [6.45, 7) is -0.294. The van der Waals surface area contributed by atoms with E-state index >= 15 is 0 Å². The molecule has 2 aromatic carbocycles. The van der Waals surface area contributed by atoms with Crippen LogP contribution in [0.4, 0.5) is 5.82 Å². The van der Waals surface area contributed by atoms with E-state index in [0.29, 0.717) is 33.5 Å². The Kier molecular flexibility index (Phi) is 6.64. The topological polar surface area (TPSA) is 136 Å². The number of thioether (sulfide) groups is 1. The number of ether oxygens (including phenoxy) is 2. The molecular weight excluding hydrogens is 444 g/mol. The number of carbonyl (C=O) groups is 2. The Morgan fingerprint density at radius 2 is 1.97 bits per heavy atom. The molecule has 0 fully saturated rings. The number of fused-ring (bicyclic) bond motifs is 1. The average molecular weight is 467 g/mol. The summed E-state index contributed by atoms with van der Waals surface area (Å²) in [5.74, 6) is 0.209. The number of carbonyl (C=O) groups excluding carboxylic acids is 2. The van der Waals surface area contributed by atoms with E-state index in [0.717, 1.165) is 5.56 Å². The van der Waals surface area contributed by atoms with E-state index < -0.39 is 11.8 Å². The van der Waals surface area contributed by atoms with Crippen LogP contribution < -0.4 is 26.1 Å². The molecule has 33 heavy (non-hydrogen) atoms. The zero-order chi connectivity index (χ0) is 23.4. The first-order valence-electron chi connectivity index (χ1n) is 10.1. The Labute approximate surface area is 193 Å². The number of primary amides is 1. The van der Waals surface area contributed by atoms with Crippen molar-refractivity contribution in [1.29, 1.82) is 0 Å². The van der Waals surface area contributed by atoms with Gasteiger partial charge in [0, 0.05) is 18.1 Å². The number of nitrogens with one attached hydrogen (secondary N) is 2. The van der Waals surface area contributed by atoms with Crippen LogP contribution in [0.3, 0.4) is 0 Å². The van der Waals surface area contributed by atoms with E-state index in [1.807, 2.05) is 30.3 Å². The Morgan fingerprint density at radius 1 is 1.18 bits per heavy atom. The van der Waals surface area contributed by atoms with Gasteiger partial charge in [-0.15, -0.1) is 0 Å². The first-order valence-corrected chi connectivity index (χ1v) is 11.1. The standard InChI is InChI=1S/C23H22N4O5S/c1-31-17-9-14(7-8-16(17)32-11-18(24)28)15-10-19(29)25-21-20(15)22(30)27-23(26-21)33-12-13-5-3-2-4-6-13/h2-9,15H,10-12H2,1H3,(H2,24,28)(H2,25,26,27,29,30). The summed E-state index contributed by atoms with van der Waals surface area (Å²) in [4.78, 5) is 43.8. The molecule has 4 rings (SSSR count).